The molecule has 2 heterocycles. The van der Waals surface area contributed by atoms with Crippen LogP contribution in [0.1, 0.15) is 18.3 Å². The van der Waals surface area contributed by atoms with Crippen molar-refractivity contribution in [3.05, 3.63) is 78.4 Å². The van der Waals surface area contributed by atoms with Gasteiger partial charge in [0.2, 0.25) is 0 Å². The third-order valence-electron chi connectivity index (χ3n) is 5.01. The molecule has 8 heteroatoms. The van der Waals surface area contributed by atoms with Gasteiger partial charge in [-0.1, -0.05) is 24.3 Å². The first-order valence-corrected chi connectivity index (χ1v) is 10.3. The Morgan fingerprint density at radius 1 is 1.03 bits per heavy atom. The van der Waals surface area contributed by atoms with Gasteiger partial charge in [0.15, 0.2) is 5.96 Å². The minimum absolute atomic E-state index is 0. The Labute approximate surface area is 199 Å². The summed E-state index contributed by atoms with van der Waals surface area (Å²) in [6, 6.07) is 18.5. The predicted molar refractivity (Wildman–Crippen MR) is 136 cm³/mol. The number of halogens is 1. The summed E-state index contributed by atoms with van der Waals surface area (Å²) < 4.78 is 3.96. The summed E-state index contributed by atoms with van der Waals surface area (Å²) in [7, 11) is 2.04. The first-order chi connectivity index (χ1) is 14.7. The second kappa shape index (κ2) is 10.9. The van der Waals surface area contributed by atoms with Crippen LogP contribution in [0.5, 0.6) is 0 Å². The van der Waals surface area contributed by atoms with Gasteiger partial charge < -0.3 is 15.2 Å². The molecule has 4 rings (SSSR count). The summed E-state index contributed by atoms with van der Waals surface area (Å²) in [6.45, 7) is 4.21. The highest BCUT2D eigenvalue weighted by Gasteiger charge is 2.07. The van der Waals surface area contributed by atoms with E-state index in [0.29, 0.717) is 6.54 Å². The maximum Gasteiger partial charge on any atom is 0.191 e. The number of nitrogens with zero attached hydrogens (tertiary/aromatic N) is 5. The number of hydrogen-bond donors (Lipinski definition) is 2. The lowest BCUT2D eigenvalue weighted by atomic mass is 10.1. The normalized spacial score (nSPS) is 11.4. The Balaban J connectivity index is 0.00000272. The van der Waals surface area contributed by atoms with Crippen LogP contribution in [-0.2, 0) is 20.0 Å². The molecule has 0 saturated carbocycles. The van der Waals surface area contributed by atoms with Gasteiger partial charge in [0.25, 0.3) is 0 Å². The quantitative estimate of drug-likeness (QED) is 0.218. The standard InChI is InChI=1S/C23H27N7.HI/c1-3-24-23(26-17-22-28-20-7-4-5-8-21(20)29(22)2)25-15-13-18-9-11-19(12-10-18)30-16-6-14-27-30;/h4-12,14,16H,3,13,15,17H2,1-2H3,(H2,24,25,26);1H. The summed E-state index contributed by atoms with van der Waals surface area (Å²) in [5, 5.41) is 11.0. The maximum absolute atomic E-state index is 4.72. The van der Waals surface area contributed by atoms with Gasteiger partial charge in [-0.2, -0.15) is 5.10 Å². The molecule has 31 heavy (non-hydrogen) atoms. The number of aromatic nitrogens is 4. The first kappa shape index (κ1) is 22.8. The van der Waals surface area contributed by atoms with Crippen LogP contribution in [0.2, 0.25) is 0 Å². The molecule has 0 atom stereocenters. The van der Waals surface area contributed by atoms with Crippen LogP contribution < -0.4 is 10.6 Å². The number of nitrogens with one attached hydrogen (secondary N) is 2. The van der Waals surface area contributed by atoms with Crippen molar-refractivity contribution in [1.29, 1.82) is 0 Å². The minimum Gasteiger partial charge on any atom is -0.357 e. The van der Waals surface area contributed by atoms with E-state index in [1.54, 1.807) is 6.20 Å². The predicted octanol–water partition coefficient (Wildman–Crippen LogP) is 3.67. The second-order valence-corrected chi connectivity index (χ2v) is 7.06. The largest absolute Gasteiger partial charge is 0.357 e. The van der Waals surface area contributed by atoms with Crippen LogP contribution >= 0.6 is 24.0 Å². The fourth-order valence-electron chi connectivity index (χ4n) is 3.39. The third kappa shape index (κ3) is 5.63. The fourth-order valence-corrected chi connectivity index (χ4v) is 3.39. The van der Waals surface area contributed by atoms with Crippen molar-refractivity contribution >= 4 is 41.0 Å². The monoisotopic (exact) mass is 529 g/mol. The van der Waals surface area contributed by atoms with Gasteiger partial charge in [0.1, 0.15) is 12.4 Å². The number of aryl methyl sites for hydroxylation is 1. The van der Waals surface area contributed by atoms with Crippen molar-refractivity contribution in [1.82, 2.24) is 30.0 Å². The number of para-hydroxylation sites is 2. The highest BCUT2D eigenvalue weighted by molar-refractivity contribution is 14.0. The molecule has 2 N–H and O–H groups in total. The summed E-state index contributed by atoms with van der Waals surface area (Å²) in [5.74, 6) is 1.75. The Bertz CT molecular complexity index is 1110. The van der Waals surface area contributed by atoms with Gasteiger partial charge in [0, 0.05) is 32.5 Å². The molecule has 0 bridgehead atoms. The second-order valence-electron chi connectivity index (χ2n) is 7.06. The number of aliphatic imine (C=N–C) groups is 1. The Morgan fingerprint density at radius 2 is 1.84 bits per heavy atom. The van der Waals surface area contributed by atoms with E-state index in [1.165, 1.54) is 5.56 Å². The minimum atomic E-state index is 0. The van der Waals surface area contributed by atoms with E-state index in [9.17, 15) is 0 Å². The van der Waals surface area contributed by atoms with Gasteiger partial charge in [-0.15, -0.1) is 24.0 Å². The van der Waals surface area contributed by atoms with E-state index in [-0.39, 0.29) is 24.0 Å². The average molecular weight is 529 g/mol. The van der Waals surface area contributed by atoms with Crippen molar-refractivity contribution in [2.24, 2.45) is 12.0 Å². The van der Waals surface area contributed by atoms with Crippen molar-refractivity contribution < 1.29 is 0 Å². The molecule has 0 aliphatic carbocycles. The molecule has 0 spiro atoms. The van der Waals surface area contributed by atoms with E-state index in [1.807, 2.05) is 42.2 Å². The van der Waals surface area contributed by atoms with Crippen LogP contribution in [0.25, 0.3) is 16.7 Å². The lowest BCUT2D eigenvalue weighted by molar-refractivity contribution is 0.772. The van der Waals surface area contributed by atoms with Crippen molar-refractivity contribution in [3.8, 4) is 5.69 Å². The molecule has 2 aromatic heterocycles. The molecule has 0 unspecified atom stereocenters. The van der Waals surface area contributed by atoms with E-state index in [2.05, 4.69) is 57.6 Å². The van der Waals surface area contributed by atoms with Gasteiger partial charge >= 0.3 is 0 Å². The molecule has 0 amide bonds. The summed E-state index contributed by atoms with van der Waals surface area (Å²) in [5.41, 5.74) is 4.46. The van der Waals surface area contributed by atoms with E-state index >= 15 is 0 Å². The molecule has 4 aromatic rings. The molecule has 0 aliphatic heterocycles. The Morgan fingerprint density at radius 3 is 2.55 bits per heavy atom. The van der Waals surface area contributed by atoms with Gasteiger partial charge in [-0.05, 0) is 49.2 Å². The smallest absolute Gasteiger partial charge is 0.191 e. The fraction of sp³-hybridized carbons (Fsp3) is 0.261. The van der Waals surface area contributed by atoms with Crippen molar-refractivity contribution in [3.63, 3.8) is 0 Å². The molecule has 0 fully saturated rings. The SMILES string of the molecule is CCNC(=NCc1nc2ccccc2n1C)NCCc1ccc(-n2cccn2)cc1.I. The van der Waals surface area contributed by atoms with Crippen molar-refractivity contribution in [2.75, 3.05) is 13.1 Å². The highest BCUT2D eigenvalue weighted by atomic mass is 127. The number of benzene rings is 2. The van der Waals surface area contributed by atoms with Crippen LogP contribution in [0.3, 0.4) is 0 Å². The first-order valence-electron chi connectivity index (χ1n) is 10.3. The number of fused-ring (bicyclic) bond motifs is 1. The van der Waals surface area contributed by atoms with Crippen molar-refractivity contribution in [2.45, 2.75) is 19.9 Å². The Kier molecular flexibility index (Phi) is 8.05. The molecule has 0 saturated heterocycles. The topological polar surface area (TPSA) is 72.1 Å². The maximum atomic E-state index is 4.72. The zero-order chi connectivity index (χ0) is 20.8. The molecular formula is C23H28IN7. The average Bonchev–Trinajstić information content (AvgIpc) is 3.41. The lowest BCUT2D eigenvalue weighted by Gasteiger charge is -2.11. The lowest BCUT2D eigenvalue weighted by Crippen LogP contribution is -2.38. The zero-order valence-corrected chi connectivity index (χ0v) is 20.2. The number of guanidine groups is 1. The number of imidazole rings is 1. The molecule has 0 radical (unpaired) electrons. The van der Waals surface area contributed by atoms with E-state index < -0.39 is 0 Å². The van der Waals surface area contributed by atoms with E-state index in [0.717, 1.165) is 48.0 Å². The molecule has 7 nitrogen and oxygen atoms in total. The van der Waals surface area contributed by atoms with Crippen LogP contribution in [0, 0.1) is 0 Å². The van der Waals surface area contributed by atoms with Gasteiger partial charge in [-0.25, -0.2) is 14.7 Å². The van der Waals surface area contributed by atoms with E-state index in [4.69, 9.17) is 9.98 Å². The zero-order valence-electron chi connectivity index (χ0n) is 17.8. The number of rotatable bonds is 7. The van der Waals surface area contributed by atoms with Crippen LogP contribution in [0.4, 0.5) is 0 Å². The van der Waals surface area contributed by atoms with Gasteiger partial charge in [0.05, 0.1) is 16.7 Å². The summed E-state index contributed by atoms with van der Waals surface area (Å²) >= 11 is 0. The summed E-state index contributed by atoms with van der Waals surface area (Å²) in [6.07, 6.45) is 4.64. The molecule has 162 valence electrons. The van der Waals surface area contributed by atoms with Crippen LogP contribution in [0.15, 0.2) is 72.0 Å². The molecule has 2 aromatic carbocycles. The van der Waals surface area contributed by atoms with Crippen LogP contribution in [-0.4, -0.2) is 38.4 Å². The van der Waals surface area contributed by atoms with Gasteiger partial charge in [-0.3, -0.25) is 0 Å². The number of hydrogen-bond acceptors (Lipinski definition) is 3. The molecule has 0 aliphatic rings. The third-order valence-corrected chi connectivity index (χ3v) is 5.01. The Hall–Kier alpha value is -2.88. The highest BCUT2D eigenvalue weighted by Crippen LogP contribution is 2.14. The molecular weight excluding hydrogens is 501 g/mol. The summed E-state index contributed by atoms with van der Waals surface area (Å²) in [4.78, 5) is 9.41.